The summed E-state index contributed by atoms with van der Waals surface area (Å²) in [7, 11) is 0. The molecule has 164 valence electrons. The van der Waals surface area contributed by atoms with Gasteiger partial charge in [-0.05, 0) is 42.3 Å². The van der Waals surface area contributed by atoms with Gasteiger partial charge in [0.1, 0.15) is 13.2 Å². The molecular weight excluding hydrogens is 404 g/mol. The first-order chi connectivity index (χ1) is 15.7. The number of nitrogens with zero attached hydrogens (tertiary/aromatic N) is 2. The van der Waals surface area contributed by atoms with Gasteiger partial charge in [-0.1, -0.05) is 60.7 Å². The van der Waals surface area contributed by atoms with Crippen LogP contribution < -0.4 is 9.47 Å². The highest BCUT2D eigenvalue weighted by molar-refractivity contribution is 5.66. The maximum atomic E-state index is 11.8. The molecule has 3 aromatic rings. The number of likely N-dealkylation sites (tertiary alicyclic amines) is 1. The number of benzene rings is 3. The summed E-state index contributed by atoms with van der Waals surface area (Å²) in [6.07, 6.45) is 6.01. The van der Waals surface area contributed by atoms with Crippen molar-refractivity contribution in [1.29, 1.82) is 0 Å². The average Bonchev–Trinajstić information content (AvgIpc) is 3.35. The minimum atomic E-state index is -0.375. The summed E-state index contributed by atoms with van der Waals surface area (Å²) in [5.41, 5.74) is 2.48. The summed E-state index contributed by atoms with van der Waals surface area (Å²) >= 11 is 0. The second-order valence-corrected chi connectivity index (χ2v) is 7.72. The number of hydrogen-bond acceptors (Lipinski definition) is 5. The van der Waals surface area contributed by atoms with Gasteiger partial charge in [0.15, 0.2) is 11.5 Å². The zero-order chi connectivity index (χ0) is 22.2. The molecule has 0 spiro atoms. The molecule has 32 heavy (non-hydrogen) atoms. The van der Waals surface area contributed by atoms with Crippen molar-refractivity contribution >= 4 is 11.8 Å². The fourth-order valence-electron chi connectivity index (χ4n) is 3.63. The molecule has 0 bridgehead atoms. The van der Waals surface area contributed by atoms with Gasteiger partial charge >= 0.3 is 0 Å². The Bertz CT molecular complexity index is 1060. The number of nitro benzene ring substituents is 1. The maximum absolute atomic E-state index is 11.8. The van der Waals surface area contributed by atoms with Gasteiger partial charge < -0.3 is 14.4 Å². The number of hydrogen-bond donors (Lipinski definition) is 0. The van der Waals surface area contributed by atoms with Crippen LogP contribution in [0.3, 0.4) is 0 Å². The van der Waals surface area contributed by atoms with Crippen LogP contribution in [-0.4, -0.2) is 22.9 Å². The molecular formula is C26H26N2O4. The van der Waals surface area contributed by atoms with Crippen LogP contribution in [0.2, 0.25) is 0 Å². The van der Waals surface area contributed by atoms with Gasteiger partial charge in [0, 0.05) is 13.1 Å². The first kappa shape index (κ1) is 21.4. The van der Waals surface area contributed by atoms with E-state index in [1.165, 1.54) is 6.07 Å². The van der Waals surface area contributed by atoms with E-state index < -0.39 is 0 Å². The summed E-state index contributed by atoms with van der Waals surface area (Å²) in [4.78, 5) is 13.6. The lowest BCUT2D eigenvalue weighted by atomic mass is 10.1. The van der Waals surface area contributed by atoms with Crippen molar-refractivity contribution in [3.8, 4) is 11.5 Å². The predicted molar refractivity (Wildman–Crippen MR) is 124 cm³/mol. The van der Waals surface area contributed by atoms with Crippen molar-refractivity contribution in [2.24, 2.45) is 0 Å². The van der Waals surface area contributed by atoms with E-state index in [1.807, 2.05) is 66.9 Å². The lowest BCUT2D eigenvalue weighted by Gasteiger charge is -2.15. The Labute approximate surface area is 187 Å². The quantitative estimate of drug-likeness (QED) is 0.316. The van der Waals surface area contributed by atoms with Gasteiger partial charge in [0.25, 0.3) is 5.69 Å². The third-order valence-corrected chi connectivity index (χ3v) is 5.37. The van der Waals surface area contributed by atoms with Crippen molar-refractivity contribution in [1.82, 2.24) is 4.90 Å². The molecule has 6 heteroatoms. The van der Waals surface area contributed by atoms with Crippen molar-refractivity contribution < 1.29 is 14.4 Å². The minimum Gasteiger partial charge on any atom is -0.485 e. The van der Waals surface area contributed by atoms with Crippen LogP contribution in [0.1, 0.15) is 29.5 Å². The van der Waals surface area contributed by atoms with E-state index in [-0.39, 0.29) is 10.6 Å². The van der Waals surface area contributed by atoms with E-state index in [2.05, 4.69) is 4.90 Å². The van der Waals surface area contributed by atoms with Gasteiger partial charge in [-0.15, -0.1) is 0 Å². The Balaban J connectivity index is 1.63. The summed E-state index contributed by atoms with van der Waals surface area (Å²) < 4.78 is 12.0. The molecule has 1 fully saturated rings. The third kappa shape index (κ3) is 5.66. The van der Waals surface area contributed by atoms with E-state index in [0.29, 0.717) is 30.3 Å². The lowest BCUT2D eigenvalue weighted by molar-refractivity contribution is -0.385. The maximum Gasteiger partial charge on any atom is 0.280 e. The van der Waals surface area contributed by atoms with Gasteiger partial charge in [0.05, 0.1) is 16.6 Å². The molecule has 3 aromatic carbocycles. The Hall–Kier alpha value is -3.80. The zero-order valence-electron chi connectivity index (χ0n) is 17.9. The van der Waals surface area contributed by atoms with Gasteiger partial charge in [0.2, 0.25) is 0 Å². The van der Waals surface area contributed by atoms with Crippen LogP contribution in [-0.2, 0) is 13.2 Å². The Morgan fingerprint density at radius 3 is 1.91 bits per heavy atom. The molecule has 1 saturated heterocycles. The molecule has 4 rings (SSSR count). The van der Waals surface area contributed by atoms with Crippen LogP contribution in [0.4, 0.5) is 5.69 Å². The van der Waals surface area contributed by atoms with Crippen LogP contribution in [0, 0.1) is 10.1 Å². The number of ether oxygens (including phenoxy) is 2. The average molecular weight is 431 g/mol. The van der Waals surface area contributed by atoms with Crippen molar-refractivity contribution in [3.63, 3.8) is 0 Å². The normalized spacial score (nSPS) is 13.4. The van der Waals surface area contributed by atoms with Crippen LogP contribution in [0.15, 0.2) is 79.0 Å². The zero-order valence-corrected chi connectivity index (χ0v) is 17.9. The summed E-state index contributed by atoms with van der Waals surface area (Å²) in [6, 6.07) is 22.7. The molecule has 0 saturated carbocycles. The van der Waals surface area contributed by atoms with E-state index in [4.69, 9.17) is 9.47 Å². The lowest BCUT2D eigenvalue weighted by Crippen LogP contribution is -2.10. The molecule has 0 radical (unpaired) electrons. The first-order valence-electron chi connectivity index (χ1n) is 10.8. The molecule has 1 aliphatic rings. The molecule has 6 nitrogen and oxygen atoms in total. The molecule has 0 amide bonds. The highest BCUT2D eigenvalue weighted by atomic mass is 16.6. The standard InChI is InChI=1S/C26H26N2O4/c29-28(30)24-18-26(32-20-22-11-5-2-6-12-22)25(31-19-21-9-3-1-4-10-21)17-23(24)13-16-27-14-7-8-15-27/h1-6,9-13,16-18H,7-8,14-15,19-20H2. The fraction of sp³-hybridized carbons (Fsp3) is 0.231. The number of nitro groups is 1. The molecule has 1 heterocycles. The Morgan fingerprint density at radius 2 is 1.38 bits per heavy atom. The minimum absolute atomic E-state index is 0.00410. The SMILES string of the molecule is O=[N+]([O-])c1cc(OCc2ccccc2)c(OCc2ccccc2)cc1C=CN1CCCC1. The summed E-state index contributed by atoms with van der Waals surface area (Å²) in [6.45, 7) is 2.58. The summed E-state index contributed by atoms with van der Waals surface area (Å²) in [5, 5.41) is 11.8. The monoisotopic (exact) mass is 430 g/mol. The van der Waals surface area contributed by atoms with Crippen molar-refractivity contribution in [3.05, 3.63) is 106 Å². The Morgan fingerprint density at radius 1 is 0.844 bits per heavy atom. The molecule has 0 N–H and O–H groups in total. The van der Waals surface area contributed by atoms with E-state index >= 15 is 0 Å². The first-order valence-corrected chi connectivity index (χ1v) is 10.8. The second-order valence-electron chi connectivity index (χ2n) is 7.72. The van der Waals surface area contributed by atoms with Gasteiger partial charge in [-0.25, -0.2) is 0 Å². The van der Waals surface area contributed by atoms with Crippen molar-refractivity contribution in [2.45, 2.75) is 26.1 Å². The van der Waals surface area contributed by atoms with E-state index in [9.17, 15) is 10.1 Å². The number of rotatable bonds is 9. The van der Waals surface area contributed by atoms with E-state index in [0.717, 1.165) is 37.1 Å². The van der Waals surface area contributed by atoms with Gasteiger partial charge in [-0.2, -0.15) is 0 Å². The molecule has 0 atom stereocenters. The van der Waals surface area contributed by atoms with Crippen LogP contribution in [0.25, 0.3) is 6.08 Å². The predicted octanol–water partition coefficient (Wildman–Crippen LogP) is 5.82. The van der Waals surface area contributed by atoms with Gasteiger partial charge in [-0.3, -0.25) is 10.1 Å². The molecule has 0 aromatic heterocycles. The van der Waals surface area contributed by atoms with E-state index in [1.54, 1.807) is 12.1 Å². The second kappa shape index (κ2) is 10.5. The fourth-order valence-corrected chi connectivity index (χ4v) is 3.63. The van der Waals surface area contributed by atoms with Crippen LogP contribution >= 0.6 is 0 Å². The topological polar surface area (TPSA) is 64.8 Å². The molecule has 0 unspecified atom stereocenters. The largest absolute Gasteiger partial charge is 0.485 e. The third-order valence-electron chi connectivity index (χ3n) is 5.37. The Kier molecular flexibility index (Phi) is 7.02. The van der Waals surface area contributed by atoms with Crippen LogP contribution in [0.5, 0.6) is 11.5 Å². The highest BCUT2D eigenvalue weighted by Gasteiger charge is 2.20. The smallest absolute Gasteiger partial charge is 0.280 e. The van der Waals surface area contributed by atoms with Crippen molar-refractivity contribution in [2.75, 3.05) is 13.1 Å². The summed E-state index contributed by atoms with van der Waals surface area (Å²) in [5.74, 6) is 0.839. The highest BCUT2D eigenvalue weighted by Crippen LogP contribution is 2.37. The molecule has 0 aliphatic carbocycles. The molecule has 1 aliphatic heterocycles.